The molecule has 0 saturated heterocycles. The van der Waals surface area contributed by atoms with Gasteiger partial charge in [0, 0.05) is 25.3 Å². The first-order chi connectivity index (χ1) is 10.9. The molecule has 1 aliphatic rings. The second-order valence-corrected chi connectivity index (χ2v) is 5.81. The van der Waals surface area contributed by atoms with Crippen LogP contribution in [0.5, 0.6) is 11.5 Å². The standard InChI is InChI=1S/C17H25NO5/c1-10(2)23-14-7-12-13(16(22-6)11(14)3)8-18(17(12)19)9-15(20-4)21-5/h7,10,15H,8-9H2,1-6H3. The molecule has 23 heavy (non-hydrogen) atoms. The van der Waals surface area contributed by atoms with Gasteiger partial charge in [-0.15, -0.1) is 0 Å². The van der Waals surface area contributed by atoms with Gasteiger partial charge in [0.15, 0.2) is 6.29 Å². The fourth-order valence-electron chi connectivity index (χ4n) is 2.79. The van der Waals surface area contributed by atoms with Crippen LogP contribution in [0.4, 0.5) is 0 Å². The first-order valence-electron chi connectivity index (χ1n) is 7.64. The molecule has 0 aliphatic carbocycles. The molecular formula is C17H25NO5. The molecule has 6 nitrogen and oxygen atoms in total. The second kappa shape index (κ2) is 7.19. The summed E-state index contributed by atoms with van der Waals surface area (Å²) in [6.45, 7) is 6.69. The van der Waals surface area contributed by atoms with Crippen molar-refractivity contribution in [2.24, 2.45) is 0 Å². The van der Waals surface area contributed by atoms with E-state index in [-0.39, 0.29) is 12.0 Å². The van der Waals surface area contributed by atoms with Crippen LogP contribution in [0.1, 0.15) is 35.3 Å². The van der Waals surface area contributed by atoms with Gasteiger partial charge >= 0.3 is 0 Å². The fraction of sp³-hybridized carbons (Fsp3) is 0.588. The van der Waals surface area contributed by atoms with E-state index in [1.807, 2.05) is 26.8 Å². The molecule has 6 heteroatoms. The highest BCUT2D eigenvalue weighted by atomic mass is 16.7. The number of amides is 1. The van der Waals surface area contributed by atoms with E-state index in [4.69, 9.17) is 18.9 Å². The Hall–Kier alpha value is -1.79. The molecule has 0 atom stereocenters. The Bertz CT molecular complexity index is 581. The van der Waals surface area contributed by atoms with E-state index >= 15 is 0 Å². The molecule has 1 amide bonds. The largest absolute Gasteiger partial charge is 0.496 e. The molecular weight excluding hydrogens is 298 g/mol. The summed E-state index contributed by atoms with van der Waals surface area (Å²) in [5.74, 6) is 1.33. The third kappa shape index (κ3) is 3.43. The number of fused-ring (bicyclic) bond motifs is 1. The summed E-state index contributed by atoms with van der Waals surface area (Å²) in [5, 5.41) is 0. The molecule has 128 valence electrons. The van der Waals surface area contributed by atoms with E-state index in [9.17, 15) is 4.79 Å². The van der Waals surface area contributed by atoms with Crippen LogP contribution in [0.15, 0.2) is 6.07 Å². The van der Waals surface area contributed by atoms with Gasteiger partial charge in [-0.3, -0.25) is 4.79 Å². The summed E-state index contributed by atoms with van der Waals surface area (Å²) in [6.07, 6.45) is -0.429. The molecule has 1 aliphatic heterocycles. The van der Waals surface area contributed by atoms with Crippen molar-refractivity contribution >= 4 is 5.91 Å². The van der Waals surface area contributed by atoms with Gasteiger partial charge in [-0.1, -0.05) is 0 Å². The first kappa shape index (κ1) is 17.6. The molecule has 1 aromatic carbocycles. The first-order valence-corrected chi connectivity index (χ1v) is 7.64. The smallest absolute Gasteiger partial charge is 0.254 e. The maximum absolute atomic E-state index is 12.7. The van der Waals surface area contributed by atoms with Gasteiger partial charge in [-0.05, 0) is 26.8 Å². The van der Waals surface area contributed by atoms with Crippen LogP contribution in [0.2, 0.25) is 0 Å². The maximum atomic E-state index is 12.7. The van der Waals surface area contributed by atoms with Crippen molar-refractivity contribution in [3.05, 3.63) is 22.8 Å². The van der Waals surface area contributed by atoms with Crippen LogP contribution in [-0.2, 0) is 16.0 Å². The summed E-state index contributed by atoms with van der Waals surface area (Å²) < 4.78 is 21.7. The van der Waals surface area contributed by atoms with E-state index in [1.165, 1.54) is 0 Å². The molecule has 1 aromatic rings. The predicted molar refractivity (Wildman–Crippen MR) is 86.0 cm³/mol. The molecule has 1 heterocycles. The Balaban J connectivity index is 2.37. The fourth-order valence-corrected chi connectivity index (χ4v) is 2.79. The van der Waals surface area contributed by atoms with Crippen molar-refractivity contribution in [1.29, 1.82) is 0 Å². The number of carbonyl (C=O) groups excluding carboxylic acids is 1. The Labute approximate surface area is 137 Å². The lowest BCUT2D eigenvalue weighted by molar-refractivity contribution is -0.112. The van der Waals surface area contributed by atoms with Gasteiger partial charge in [0.2, 0.25) is 0 Å². The summed E-state index contributed by atoms with van der Waals surface area (Å²) in [5.41, 5.74) is 2.41. The van der Waals surface area contributed by atoms with Gasteiger partial charge in [-0.25, -0.2) is 0 Å². The Morgan fingerprint density at radius 3 is 2.39 bits per heavy atom. The highest BCUT2D eigenvalue weighted by molar-refractivity contribution is 6.00. The van der Waals surface area contributed by atoms with Gasteiger partial charge in [-0.2, -0.15) is 0 Å². The van der Waals surface area contributed by atoms with Crippen molar-refractivity contribution in [2.45, 2.75) is 39.7 Å². The molecule has 0 spiro atoms. The van der Waals surface area contributed by atoms with Gasteiger partial charge in [0.1, 0.15) is 11.5 Å². The average Bonchev–Trinajstić information content (AvgIpc) is 2.81. The van der Waals surface area contributed by atoms with Gasteiger partial charge < -0.3 is 23.8 Å². The summed E-state index contributed by atoms with van der Waals surface area (Å²) in [4.78, 5) is 14.4. The number of nitrogens with zero attached hydrogens (tertiary/aromatic N) is 1. The van der Waals surface area contributed by atoms with Crippen molar-refractivity contribution in [1.82, 2.24) is 4.90 Å². The Kier molecular flexibility index (Phi) is 5.49. The van der Waals surface area contributed by atoms with Crippen LogP contribution >= 0.6 is 0 Å². The normalized spacial score (nSPS) is 13.9. The highest BCUT2D eigenvalue weighted by Crippen LogP contribution is 2.39. The van der Waals surface area contributed by atoms with Crippen LogP contribution in [0.3, 0.4) is 0 Å². The average molecular weight is 323 g/mol. The Morgan fingerprint density at radius 2 is 1.87 bits per heavy atom. The predicted octanol–water partition coefficient (Wildman–Crippen LogP) is 2.37. The molecule has 0 unspecified atom stereocenters. The quantitative estimate of drug-likeness (QED) is 0.721. The monoisotopic (exact) mass is 323 g/mol. The van der Waals surface area contributed by atoms with Crippen LogP contribution in [0, 0.1) is 6.92 Å². The SMILES string of the molecule is COc1c(C)c(OC(C)C)cc2c1CN(CC(OC)OC)C2=O. The van der Waals surface area contributed by atoms with Crippen molar-refractivity contribution in [2.75, 3.05) is 27.9 Å². The number of carbonyl (C=O) groups is 1. The molecule has 0 saturated carbocycles. The Morgan fingerprint density at radius 1 is 1.22 bits per heavy atom. The number of hydrogen-bond acceptors (Lipinski definition) is 5. The lowest BCUT2D eigenvalue weighted by Crippen LogP contribution is -2.34. The molecule has 2 rings (SSSR count). The van der Waals surface area contributed by atoms with Crippen molar-refractivity contribution < 1.29 is 23.7 Å². The van der Waals surface area contributed by atoms with E-state index in [1.54, 1.807) is 26.2 Å². The minimum absolute atomic E-state index is 0.0235. The minimum atomic E-state index is -0.452. The molecule has 0 N–H and O–H groups in total. The number of rotatable bonds is 7. The zero-order valence-corrected chi connectivity index (χ0v) is 14.6. The van der Waals surface area contributed by atoms with E-state index in [2.05, 4.69) is 0 Å². The maximum Gasteiger partial charge on any atom is 0.254 e. The molecule has 0 aromatic heterocycles. The van der Waals surface area contributed by atoms with Crippen LogP contribution in [-0.4, -0.2) is 51.1 Å². The minimum Gasteiger partial charge on any atom is -0.496 e. The zero-order chi connectivity index (χ0) is 17.1. The number of ether oxygens (including phenoxy) is 4. The van der Waals surface area contributed by atoms with Crippen molar-refractivity contribution in [3.63, 3.8) is 0 Å². The molecule has 0 bridgehead atoms. The zero-order valence-electron chi connectivity index (χ0n) is 14.6. The van der Waals surface area contributed by atoms with Gasteiger partial charge in [0.05, 0.1) is 31.9 Å². The summed E-state index contributed by atoms with van der Waals surface area (Å²) in [6, 6.07) is 1.81. The summed E-state index contributed by atoms with van der Waals surface area (Å²) in [7, 11) is 4.73. The number of methoxy groups -OCH3 is 3. The second-order valence-electron chi connectivity index (χ2n) is 5.81. The molecule has 0 fully saturated rings. The highest BCUT2D eigenvalue weighted by Gasteiger charge is 2.33. The summed E-state index contributed by atoms with van der Waals surface area (Å²) >= 11 is 0. The molecule has 0 radical (unpaired) electrons. The van der Waals surface area contributed by atoms with Gasteiger partial charge in [0.25, 0.3) is 5.91 Å². The van der Waals surface area contributed by atoms with E-state index in [0.29, 0.717) is 30.2 Å². The van der Waals surface area contributed by atoms with E-state index < -0.39 is 6.29 Å². The lowest BCUT2D eigenvalue weighted by Gasteiger charge is -2.21. The third-order valence-electron chi connectivity index (χ3n) is 3.91. The van der Waals surface area contributed by atoms with Crippen LogP contribution < -0.4 is 9.47 Å². The topological polar surface area (TPSA) is 57.2 Å². The lowest BCUT2D eigenvalue weighted by atomic mass is 10.0. The van der Waals surface area contributed by atoms with Crippen LogP contribution in [0.25, 0.3) is 0 Å². The number of hydrogen-bond donors (Lipinski definition) is 0. The number of benzene rings is 1. The van der Waals surface area contributed by atoms with E-state index in [0.717, 1.165) is 11.1 Å². The third-order valence-corrected chi connectivity index (χ3v) is 3.91. The van der Waals surface area contributed by atoms with Crippen molar-refractivity contribution in [3.8, 4) is 11.5 Å².